The molecule has 0 unspecified atom stereocenters. The molecule has 19 heavy (non-hydrogen) atoms. The van der Waals surface area contributed by atoms with Crippen LogP contribution < -0.4 is 5.32 Å². The van der Waals surface area contributed by atoms with Gasteiger partial charge in [-0.05, 0) is 42.7 Å². The number of carbonyl (C=O) groups is 1. The van der Waals surface area contributed by atoms with Crippen LogP contribution in [0.2, 0.25) is 0 Å². The Morgan fingerprint density at radius 3 is 2.53 bits per heavy atom. The molecule has 1 N–H and O–H groups in total. The van der Waals surface area contributed by atoms with E-state index in [1.165, 1.54) is 6.07 Å². The van der Waals surface area contributed by atoms with E-state index in [1.807, 2.05) is 31.2 Å². The first-order valence-corrected chi connectivity index (χ1v) is 6.17. The van der Waals surface area contributed by atoms with Crippen molar-refractivity contribution < 1.29 is 9.18 Å². The average Bonchev–Trinajstić information content (AvgIpc) is 2.37. The number of hydrogen-bond donors (Lipinski definition) is 1. The average molecular weight is 257 g/mol. The molecule has 2 aromatic carbocycles. The third-order valence-corrected chi connectivity index (χ3v) is 3.07. The van der Waals surface area contributed by atoms with E-state index in [0.717, 1.165) is 11.1 Å². The van der Waals surface area contributed by atoms with Gasteiger partial charge < -0.3 is 5.32 Å². The predicted octanol–water partition coefficient (Wildman–Crippen LogP) is 3.62. The molecule has 0 aliphatic heterocycles. The lowest BCUT2D eigenvalue weighted by Crippen LogP contribution is -2.15. The van der Waals surface area contributed by atoms with Gasteiger partial charge in [-0.1, -0.05) is 30.3 Å². The second-order valence-corrected chi connectivity index (χ2v) is 4.62. The van der Waals surface area contributed by atoms with Crippen molar-refractivity contribution in [3.63, 3.8) is 0 Å². The number of halogens is 1. The summed E-state index contributed by atoms with van der Waals surface area (Å²) < 4.78 is 13.4. The maximum atomic E-state index is 13.4. The van der Waals surface area contributed by atoms with E-state index in [0.29, 0.717) is 17.7 Å². The molecular formula is C16H16FNO. The molecule has 0 saturated heterocycles. The highest BCUT2D eigenvalue weighted by Gasteiger charge is 2.07. The minimum atomic E-state index is -0.311. The van der Waals surface area contributed by atoms with Crippen molar-refractivity contribution in [2.24, 2.45) is 0 Å². The molecule has 2 rings (SSSR count). The smallest absolute Gasteiger partial charge is 0.228 e. The minimum absolute atomic E-state index is 0.141. The number of hydrogen-bond acceptors (Lipinski definition) is 1. The molecule has 0 aromatic heterocycles. The number of nitrogens with one attached hydrogen (secondary N) is 1. The molecule has 0 heterocycles. The van der Waals surface area contributed by atoms with Crippen LogP contribution in [-0.2, 0) is 11.2 Å². The monoisotopic (exact) mass is 257 g/mol. The first-order valence-electron chi connectivity index (χ1n) is 6.17. The topological polar surface area (TPSA) is 29.1 Å². The number of anilines is 1. The summed E-state index contributed by atoms with van der Waals surface area (Å²) in [7, 11) is 0. The van der Waals surface area contributed by atoms with Gasteiger partial charge in [-0.15, -0.1) is 0 Å². The molecule has 0 fully saturated rings. The first kappa shape index (κ1) is 13.3. The molecule has 0 bridgehead atoms. The Labute approximate surface area is 112 Å². The van der Waals surface area contributed by atoms with Crippen molar-refractivity contribution in [2.75, 3.05) is 5.32 Å². The van der Waals surface area contributed by atoms with Crippen LogP contribution in [0.25, 0.3) is 0 Å². The van der Waals surface area contributed by atoms with E-state index in [-0.39, 0.29) is 11.7 Å². The van der Waals surface area contributed by atoms with Crippen LogP contribution in [0.4, 0.5) is 10.1 Å². The maximum absolute atomic E-state index is 13.4. The maximum Gasteiger partial charge on any atom is 0.228 e. The first-order chi connectivity index (χ1) is 9.06. The van der Waals surface area contributed by atoms with Crippen LogP contribution in [0.3, 0.4) is 0 Å². The zero-order valence-electron chi connectivity index (χ0n) is 11.0. The molecule has 0 aliphatic carbocycles. The third-order valence-electron chi connectivity index (χ3n) is 3.07. The lowest BCUT2D eigenvalue weighted by molar-refractivity contribution is -0.115. The standard InChI is InChI=1S/C16H16FNO/c1-11-5-3-4-6-13(11)9-16(19)18-14-8-7-12(2)15(17)10-14/h3-8,10H,9H2,1-2H3,(H,18,19). The highest BCUT2D eigenvalue weighted by Crippen LogP contribution is 2.14. The molecule has 0 saturated carbocycles. The van der Waals surface area contributed by atoms with E-state index >= 15 is 0 Å². The summed E-state index contributed by atoms with van der Waals surface area (Å²) in [6.45, 7) is 3.66. The summed E-state index contributed by atoms with van der Waals surface area (Å²) in [5.74, 6) is -0.453. The molecule has 0 aliphatic rings. The van der Waals surface area contributed by atoms with Crippen LogP contribution in [0.15, 0.2) is 42.5 Å². The molecule has 2 nitrogen and oxygen atoms in total. The summed E-state index contributed by atoms with van der Waals surface area (Å²) in [4.78, 5) is 11.9. The Hall–Kier alpha value is -2.16. The van der Waals surface area contributed by atoms with E-state index in [1.54, 1.807) is 19.1 Å². The van der Waals surface area contributed by atoms with Gasteiger partial charge in [0.15, 0.2) is 0 Å². The molecule has 0 radical (unpaired) electrons. The highest BCUT2D eigenvalue weighted by atomic mass is 19.1. The fourth-order valence-corrected chi connectivity index (χ4v) is 1.86. The SMILES string of the molecule is Cc1ccc(NC(=O)Cc2ccccc2C)cc1F. The van der Waals surface area contributed by atoms with Crippen LogP contribution >= 0.6 is 0 Å². The van der Waals surface area contributed by atoms with Crippen molar-refractivity contribution in [1.29, 1.82) is 0 Å². The lowest BCUT2D eigenvalue weighted by atomic mass is 10.1. The van der Waals surface area contributed by atoms with Gasteiger partial charge in [0.2, 0.25) is 5.91 Å². The summed E-state index contributed by atoms with van der Waals surface area (Å²) in [5, 5.41) is 2.71. The molecular weight excluding hydrogens is 241 g/mol. The summed E-state index contributed by atoms with van der Waals surface area (Å²) in [6, 6.07) is 12.4. The van der Waals surface area contributed by atoms with Gasteiger partial charge in [0.1, 0.15) is 5.82 Å². The van der Waals surface area contributed by atoms with Crippen molar-refractivity contribution in [1.82, 2.24) is 0 Å². The lowest BCUT2D eigenvalue weighted by Gasteiger charge is -2.08. The zero-order valence-corrected chi connectivity index (χ0v) is 11.0. The third kappa shape index (κ3) is 3.41. The van der Waals surface area contributed by atoms with Crippen LogP contribution in [0.1, 0.15) is 16.7 Å². The normalized spacial score (nSPS) is 10.3. The molecule has 0 spiro atoms. The zero-order chi connectivity index (χ0) is 13.8. The Morgan fingerprint density at radius 1 is 1.11 bits per heavy atom. The van der Waals surface area contributed by atoms with Crippen molar-refractivity contribution in [2.45, 2.75) is 20.3 Å². The van der Waals surface area contributed by atoms with Crippen LogP contribution in [0, 0.1) is 19.7 Å². The van der Waals surface area contributed by atoms with Crippen LogP contribution in [0.5, 0.6) is 0 Å². The Kier molecular flexibility index (Phi) is 3.95. The highest BCUT2D eigenvalue weighted by molar-refractivity contribution is 5.92. The van der Waals surface area contributed by atoms with Crippen molar-refractivity contribution in [3.8, 4) is 0 Å². The second-order valence-electron chi connectivity index (χ2n) is 4.62. The fourth-order valence-electron chi connectivity index (χ4n) is 1.86. The molecule has 2 aromatic rings. The Bertz CT molecular complexity index is 607. The summed E-state index contributed by atoms with van der Waals surface area (Å²) in [6.07, 6.45) is 0.294. The minimum Gasteiger partial charge on any atom is -0.326 e. The van der Waals surface area contributed by atoms with Gasteiger partial charge in [-0.2, -0.15) is 0 Å². The van der Waals surface area contributed by atoms with Gasteiger partial charge in [0, 0.05) is 5.69 Å². The molecule has 98 valence electrons. The van der Waals surface area contributed by atoms with E-state index in [4.69, 9.17) is 0 Å². The van der Waals surface area contributed by atoms with Crippen molar-refractivity contribution in [3.05, 3.63) is 65.0 Å². The fraction of sp³-hybridized carbons (Fsp3) is 0.188. The van der Waals surface area contributed by atoms with E-state index in [9.17, 15) is 9.18 Å². The van der Waals surface area contributed by atoms with Gasteiger partial charge in [-0.25, -0.2) is 4.39 Å². The Morgan fingerprint density at radius 2 is 1.84 bits per heavy atom. The number of benzene rings is 2. The molecule has 3 heteroatoms. The van der Waals surface area contributed by atoms with Gasteiger partial charge >= 0.3 is 0 Å². The van der Waals surface area contributed by atoms with Crippen molar-refractivity contribution >= 4 is 11.6 Å². The second kappa shape index (κ2) is 5.65. The number of aryl methyl sites for hydroxylation is 2. The van der Waals surface area contributed by atoms with E-state index in [2.05, 4.69) is 5.32 Å². The molecule has 1 amide bonds. The van der Waals surface area contributed by atoms with Gasteiger partial charge in [0.05, 0.1) is 6.42 Å². The summed E-state index contributed by atoms with van der Waals surface area (Å²) >= 11 is 0. The number of carbonyl (C=O) groups excluding carboxylic acids is 1. The summed E-state index contributed by atoms with van der Waals surface area (Å²) in [5.41, 5.74) is 3.11. The quantitative estimate of drug-likeness (QED) is 0.894. The Balaban J connectivity index is 2.05. The van der Waals surface area contributed by atoms with E-state index < -0.39 is 0 Å². The predicted molar refractivity (Wildman–Crippen MR) is 74.6 cm³/mol. The molecule has 0 atom stereocenters. The number of rotatable bonds is 3. The van der Waals surface area contributed by atoms with Crippen LogP contribution in [-0.4, -0.2) is 5.91 Å². The number of amides is 1. The largest absolute Gasteiger partial charge is 0.326 e. The van der Waals surface area contributed by atoms with Gasteiger partial charge in [-0.3, -0.25) is 4.79 Å². The van der Waals surface area contributed by atoms with Gasteiger partial charge in [0.25, 0.3) is 0 Å².